The van der Waals surface area contributed by atoms with Crippen molar-refractivity contribution >= 4 is 23.6 Å². The van der Waals surface area contributed by atoms with Gasteiger partial charge in [-0.1, -0.05) is 72.3 Å². The quantitative estimate of drug-likeness (QED) is 0.242. The van der Waals surface area contributed by atoms with Gasteiger partial charge in [-0.15, -0.1) is 0 Å². The highest BCUT2D eigenvalue weighted by molar-refractivity contribution is 6.05. The number of hydrogen-bond donors (Lipinski definition) is 4. The van der Waals surface area contributed by atoms with Gasteiger partial charge in [0.1, 0.15) is 11.3 Å². The molecule has 0 spiro atoms. The molecule has 0 bridgehead atoms. The molecule has 6 rings (SSSR count). The number of nitrogens with one attached hydrogen (secondary N) is 1. The van der Waals surface area contributed by atoms with E-state index in [9.17, 15) is 24.9 Å². The maximum atomic E-state index is 12.9. The molecule has 0 fully saturated rings. The molecule has 4 N–H and O–H groups in total. The van der Waals surface area contributed by atoms with E-state index in [1.165, 1.54) is 34.9 Å². The van der Waals surface area contributed by atoms with Gasteiger partial charge < -0.3 is 20.6 Å². The molecular weight excluding hydrogens is 490 g/mol. The fraction of sp³-hybridized carbons (Fsp3) is 0.152. The fourth-order valence-electron chi connectivity index (χ4n) is 5.98. The van der Waals surface area contributed by atoms with Crippen LogP contribution in [-0.2, 0) is 19.3 Å². The number of fused-ring (bicyclic) bond motifs is 2. The van der Waals surface area contributed by atoms with Crippen molar-refractivity contribution in [2.24, 2.45) is 5.41 Å². The highest BCUT2D eigenvalue weighted by atomic mass is 16.4. The van der Waals surface area contributed by atoms with E-state index in [-0.39, 0.29) is 22.9 Å². The van der Waals surface area contributed by atoms with Crippen LogP contribution in [0.5, 0.6) is 5.75 Å². The predicted molar refractivity (Wildman–Crippen MR) is 149 cm³/mol. The Balaban J connectivity index is 1.26. The van der Waals surface area contributed by atoms with Crippen LogP contribution in [0.15, 0.2) is 96.6 Å². The first-order chi connectivity index (χ1) is 18.8. The first-order valence-electron chi connectivity index (χ1n) is 12.9. The standard InChI is InChI=1S/C33H27NO5/c35-29-14-13-26(17-28(29)32(38)39)34-31(37)21-11-9-20(10-12-21)18-33(19-24-7-3-4-8-27(24)30(33)36)25-15-22-5-1-2-6-23(22)16-25/h1-15,17,30,35-36H,16,18-19H2,(H,34,37)(H,38,39). The first kappa shape index (κ1) is 24.6. The number of amides is 1. The lowest BCUT2D eigenvalue weighted by Gasteiger charge is -2.35. The van der Waals surface area contributed by atoms with Gasteiger partial charge in [0.15, 0.2) is 0 Å². The van der Waals surface area contributed by atoms with E-state index in [1.807, 2.05) is 42.5 Å². The van der Waals surface area contributed by atoms with E-state index >= 15 is 0 Å². The van der Waals surface area contributed by atoms with Crippen LogP contribution in [0.3, 0.4) is 0 Å². The van der Waals surface area contributed by atoms with Gasteiger partial charge >= 0.3 is 5.97 Å². The van der Waals surface area contributed by atoms with Crippen LogP contribution < -0.4 is 5.32 Å². The molecule has 194 valence electrons. The van der Waals surface area contributed by atoms with E-state index in [4.69, 9.17) is 0 Å². The number of hydrogen-bond acceptors (Lipinski definition) is 4. The molecule has 4 aromatic rings. The Hall–Kier alpha value is -4.68. The number of rotatable bonds is 6. The third-order valence-corrected chi connectivity index (χ3v) is 8.00. The summed E-state index contributed by atoms with van der Waals surface area (Å²) in [7, 11) is 0. The zero-order valence-electron chi connectivity index (χ0n) is 21.1. The number of aromatic hydroxyl groups is 1. The second kappa shape index (κ2) is 9.57. The second-order valence-electron chi connectivity index (χ2n) is 10.3. The molecule has 6 nitrogen and oxygen atoms in total. The van der Waals surface area contributed by atoms with E-state index in [0.29, 0.717) is 12.0 Å². The van der Waals surface area contributed by atoms with Crippen LogP contribution in [0.2, 0.25) is 0 Å². The summed E-state index contributed by atoms with van der Waals surface area (Å²) in [5.41, 5.74) is 6.73. The number of benzene rings is 4. The van der Waals surface area contributed by atoms with Gasteiger partial charge in [-0.25, -0.2) is 4.79 Å². The van der Waals surface area contributed by atoms with Crippen molar-refractivity contribution in [1.29, 1.82) is 0 Å². The highest BCUT2D eigenvalue weighted by Crippen LogP contribution is 2.55. The van der Waals surface area contributed by atoms with Gasteiger partial charge in [0, 0.05) is 16.7 Å². The van der Waals surface area contributed by atoms with Crippen LogP contribution in [0.1, 0.15) is 54.6 Å². The Bertz CT molecular complexity index is 1640. The van der Waals surface area contributed by atoms with Crippen LogP contribution >= 0.6 is 0 Å². The predicted octanol–water partition coefficient (Wildman–Crippen LogP) is 5.80. The zero-order valence-corrected chi connectivity index (χ0v) is 21.1. The van der Waals surface area contributed by atoms with E-state index in [1.54, 1.807) is 12.1 Å². The number of carbonyl (C=O) groups excluding carboxylic acids is 1. The van der Waals surface area contributed by atoms with Crippen LogP contribution in [-0.4, -0.2) is 27.2 Å². The molecular formula is C33H27NO5. The number of carboxylic acids is 1. The number of anilines is 1. The van der Waals surface area contributed by atoms with Crippen molar-refractivity contribution in [3.63, 3.8) is 0 Å². The number of phenols is 1. The molecule has 0 saturated heterocycles. The molecule has 0 aliphatic heterocycles. The summed E-state index contributed by atoms with van der Waals surface area (Å²) < 4.78 is 0. The van der Waals surface area contributed by atoms with E-state index in [0.717, 1.165) is 29.5 Å². The Labute approximate surface area is 225 Å². The minimum atomic E-state index is -1.28. The van der Waals surface area contributed by atoms with Gasteiger partial charge in [0.05, 0.1) is 6.10 Å². The minimum Gasteiger partial charge on any atom is -0.507 e. The topological polar surface area (TPSA) is 107 Å². The van der Waals surface area contributed by atoms with Gasteiger partial charge in [-0.2, -0.15) is 0 Å². The lowest BCUT2D eigenvalue weighted by molar-refractivity contribution is 0.0650. The SMILES string of the molecule is O=C(Nc1ccc(O)c(C(=O)O)c1)c1ccc(CC2(C3=Cc4ccccc4C3)Cc3ccccc3C2O)cc1. The van der Waals surface area contributed by atoms with E-state index in [2.05, 4.69) is 29.6 Å². The van der Waals surface area contributed by atoms with Gasteiger partial charge in [0.25, 0.3) is 5.91 Å². The fourth-order valence-corrected chi connectivity index (χ4v) is 5.98. The minimum absolute atomic E-state index is 0.276. The summed E-state index contributed by atoms with van der Waals surface area (Å²) in [6.45, 7) is 0. The Morgan fingerprint density at radius 2 is 1.62 bits per heavy atom. The molecule has 39 heavy (non-hydrogen) atoms. The molecule has 2 atom stereocenters. The molecule has 0 aromatic heterocycles. The lowest BCUT2D eigenvalue weighted by Crippen LogP contribution is -2.31. The molecule has 2 aliphatic rings. The molecule has 1 amide bonds. The second-order valence-corrected chi connectivity index (χ2v) is 10.3. The average molecular weight is 518 g/mol. The van der Waals surface area contributed by atoms with Crippen molar-refractivity contribution in [3.05, 3.63) is 136 Å². The normalized spacial score (nSPS) is 19.2. The molecule has 6 heteroatoms. The van der Waals surface area contributed by atoms with Crippen LogP contribution in [0.4, 0.5) is 5.69 Å². The van der Waals surface area contributed by atoms with Crippen molar-refractivity contribution < 1.29 is 24.9 Å². The summed E-state index contributed by atoms with van der Waals surface area (Å²) in [5.74, 6) is -2.03. The van der Waals surface area contributed by atoms with Crippen molar-refractivity contribution in [2.75, 3.05) is 5.32 Å². The highest BCUT2D eigenvalue weighted by Gasteiger charge is 2.48. The maximum Gasteiger partial charge on any atom is 0.339 e. The third kappa shape index (κ3) is 4.39. The van der Waals surface area contributed by atoms with Crippen LogP contribution in [0.25, 0.3) is 6.08 Å². The van der Waals surface area contributed by atoms with E-state index < -0.39 is 17.5 Å². The first-order valence-corrected chi connectivity index (χ1v) is 12.9. The molecule has 2 aliphatic carbocycles. The molecule has 0 saturated carbocycles. The summed E-state index contributed by atoms with van der Waals surface area (Å²) in [6, 6.07) is 27.6. The lowest BCUT2D eigenvalue weighted by atomic mass is 9.70. The van der Waals surface area contributed by atoms with Gasteiger partial charge in [0.2, 0.25) is 0 Å². The summed E-state index contributed by atoms with van der Waals surface area (Å²) in [5, 5.41) is 33.3. The number of aliphatic hydroxyl groups is 1. The third-order valence-electron chi connectivity index (χ3n) is 8.00. The monoisotopic (exact) mass is 517 g/mol. The molecule has 0 heterocycles. The zero-order chi connectivity index (χ0) is 27.1. The Kier molecular flexibility index (Phi) is 6.04. The largest absolute Gasteiger partial charge is 0.507 e. The summed E-state index contributed by atoms with van der Waals surface area (Å²) in [6.07, 6.45) is 3.74. The van der Waals surface area contributed by atoms with Gasteiger partial charge in [-0.3, -0.25) is 4.79 Å². The molecule has 0 radical (unpaired) electrons. The van der Waals surface area contributed by atoms with Crippen molar-refractivity contribution in [2.45, 2.75) is 25.4 Å². The Morgan fingerprint density at radius 1 is 0.897 bits per heavy atom. The number of aliphatic hydroxyl groups excluding tert-OH is 1. The van der Waals surface area contributed by atoms with Crippen molar-refractivity contribution in [3.8, 4) is 5.75 Å². The molecule has 4 aromatic carbocycles. The average Bonchev–Trinajstić information content (AvgIpc) is 3.50. The number of carbonyl (C=O) groups is 2. The van der Waals surface area contributed by atoms with Crippen LogP contribution in [0, 0.1) is 5.41 Å². The number of carboxylic acid groups (broad SMARTS) is 1. The summed E-state index contributed by atoms with van der Waals surface area (Å²) in [4.78, 5) is 24.2. The Morgan fingerprint density at radius 3 is 2.33 bits per heavy atom. The smallest absolute Gasteiger partial charge is 0.339 e. The van der Waals surface area contributed by atoms with Gasteiger partial charge in [-0.05, 0) is 77.4 Å². The number of aromatic carboxylic acids is 1. The maximum absolute atomic E-state index is 12.9. The molecule has 2 unspecified atom stereocenters. The van der Waals surface area contributed by atoms with Crippen molar-refractivity contribution in [1.82, 2.24) is 0 Å². The summed E-state index contributed by atoms with van der Waals surface area (Å²) >= 11 is 0.